The second kappa shape index (κ2) is 7.59. The van der Waals surface area contributed by atoms with E-state index >= 15 is 0 Å². The van der Waals surface area contributed by atoms with Gasteiger partial charge in [0.1, 0.15) is 23.0 Å². The van der Waals surface area contributed by atoms with E-state index in [2.05, 4.69) is 0 Å². The van der Waals surface area contributed by atoms with Crippen LogP contribution in [0.2, 0.25) is 0 Å². The molecule has 2 N–H and O–H groups in total. The van der Waals surface area contributed by atoms with E-state index in [4.69, 9.17) is 15.2 Å². The minimum absolute atomic E-state index is 0.0753. The number of esters is 1. The second-order valence-corrected chi connectivity index (χ2v) is 5.61. The number of nitrogens with two attached hydrogens (primary N) is 1. The van der Waals surface area contributed by atoms with Gasteiger partial charge < -0.3 is 15.2 Å². The lowest BCUT2D eigenvalue weighted by Crippen LogP contribution is -2.26. The molecule has 0 saturated heterocycles. The summed E-state index contributed by atoms with van der Waals surface area (Å²) in [6.45, 7) is 2.71. The van der Waals surface area contributed by atoms with Crippen molar-refractivity contribution in [3.05, 3.63) is 62.2 Å². The zero-order valence-corrected chi connectivity index (χ0v) is 14.7. The summed E-state index contributed by atoms with van der Waals surface area (Å²) < 4.78 is 50.0. The summed E-state index contributed by atoms with van der Waals surface area (Å²) in [6.07, 6.45) is -5.03. The molecule has 1 aromatic carbocycles. The van der Waals surface area contributed by atoms with Crippen LogP contribution in [-0.2, 0) is 20.4 Å². The van der Waals surface area contributed by atoms with E-state index in [9.17, 15) is 33.3 Å². The van der Waals surface area contributed by atoms with Gasteiger partial charge in [0.05, 0.1) is 23.0 Å². The third kappa shape index (κ3) is 3.62. The fraction of sp³-hybridized carbons (Fsp3) is 0.294. The van der Waals surface area contributed by atoms with Gasteiger partial charge in [0.2, 0.25) is 5.88 Å². The third-order valence-electron chi connectivity index (χ3n) is 3.97. The molecule has 0 saturated carbocycles. The Morgan fingerprint density at radius 3 is 2.61 bits per heavy atom. The van der Waals surface area contributed by atoms with Crippen LogP contribution < -0.4 is 5.73 Å². The van der Waals surface area contributed by atoms with E-state index in [-0.39, 0.29) is 17.9 Å². The second-order valence-electron chi connectivity index (χ2n) is 5.61. The number of rotatable bonds is 4. The fourth-order valence-electron chi connectivity index (χ4n) is 2.89. The number of nitro groups is 1. The number of hydrogen-bond donors (Lipinski definition) is 1. The molecule has 0 spiro atoms. The number of alkyl halides is 3. The van der Waals surface area contributed by atoms with Crippen molar-refractivity contribution in [3.8, 4) is 6.07 Å². The number of nitrogens with zero attached hydrogens (tertiary/aromatic N) is 2. The van der Waals surface area contributed by atoms with Crippen molar-refractivity contribution in [1.29, 1.82) is 5.26 Å². The topological polar surface area (TPSA) is 128 Å². The molecule has 0 aliphatic carbocycles. The molecule has 0 radical (unpaired) electrons. The lowest BCUT2D eigenvalue weighted by Gasteiger charge is -2.27. The van der Waals surface area contributed by atoms with Gasteiger partial charge >= 0.3 is 12.1 Å². The highest BCUT2D eigenvalue weighted by molar-refractivity contribution is 5.93. The highest BCUT2D eigenvalue weighted by Gasteiger charge is 2.45. The van der Waals surface area contributed by atoms with Gasteiger partial charge in [-0.1, -0.05) is 12.1 Å². The minimum atomic E-state index is -5.03. The Morgan fingerprint density at radius 1 is 1.46 bits per heavy atom. The Bertz CT molecular complexity index is 944. The first-order chi connectivity index (χ1) is 13.0. The number of carbonyl (C=O) groups excluding carboxylic acids is 1. The van der Waals surface area contributed by atoms with Crippen LogP contribution >= 0.6 is 0 Å². The number of nitriles is 1. The van der Waals surface area contributed by atoms with Crippen LogP contribution in [-0.4, -0.2) is 17.5 Å². The molecular formula is C17H14F3N3O5. The molecular weight excluding hydrogens is 383 g/mol. The quantitative estimate of drug-likeness (QED) is 0.469. The lowest BCUT2D eigenvalue weighted by atomic mass is 9.81. The van der Waals surface area contributed by atoms with Crippen LogP contribution in [0.4, 0.5) is 18.9 Å². The smallest absolute Gasteiger partial charge is 0.423 e. The number of para-hydroxylation sites is 1. The van der Waals surface area contributed by atoms with Crippen molar-refractivity contribution in [2.24, 2.45) is 5.73 Å². The Hall–Kier alpha value is -3.55. The molecule has 0 bridgehead atoms. The molecule has 148 valence electrons. The van der Waals surface area contributed by atoms with Crippen molar-refractivity contribution in [2.75, 3.05) is 6.61 Å². The van der Waals surface area contributed by atoms with E-state index < -0.39 is 51.3 Å². The van der Waals surface area contributed by atoms with Crippen LogP contribution in [0.3, 0.4) is 0 Å². The highest BCUT2D eigenvalue weighted by atomic mass is 19.4. The molecule has 0 fully saturated rings. The van der Waals surface area contributed by atoms with E-state index in [0.717, 1.165) is 12.1 Å². The van der Waals surface area contributed by atoms with Crippen LogP contribution in [0.25, 0.3) is 0 Å². The first kappa shape index (κ1) is 20.8. The average molecular weight is 397 g/mol. The van der Waals surface area contributed by atoms with E-state index in [1.807, 2.05) is 0 Å². The maximum atomic E-state index is 13.3. The maximum absolute atomic E-state index is 13.3. The van der Waals surface area contributed by atoms with Gasteiger partial charge in [0.25, 0.3) is 5.69 Å². The number of benzene rings is 1. The summed E-state index contributed by atoms with van der Waals surface area (Å²) in [4.78, 5) is 22.7. The third-order valence-corrected chi connectivity index (χ3v) is 3.97. The predicted octanol–water partition coefficient (Wildman–Crippen LogP) is 3.26. The lowest BCUT2D eigenvalue weighted by molar-refractivity contribution is -0.388. The van der Waals surface area contributed by atoms with Gasteiger partial charge in [-0.05, 0) is 19.9 Å². The Kier molecular flexibility index (Phi) is 5.63. The average Bonchev–Trinajstić information content (AvgIpc) is 2.59. The van der Waals surface area contributed by atoms with E-state index in [1.165, 1.54) is 13.8 Å². The number of halogens is 3. The van der Waals surface area contributed by atoms with Crippen molar-refractivity contribution in [3.63, 3.8) is 0 Å². The summed E-state index contributed by atoms with van der Waals surface area (Å²) >= 11 is 0. The normalized spacial score (nSPS) is 17.1. The van der Waals surface area contributed by atoms with Crippen molar-refractivity contribution < 1.29 is 32.4 Å². The zero-order chi connectivity index (χ0) is 21.2. The summed E-state index contributed by atoms with van der Waals surface area (Å²) in [5, 5.41) is 20.9. The van der Waals surface area contributed by atoms with E-state index in [0.29, 0.717) is 6.07 Å². The largest absolute Gasteiger partial charge is 0.463 e. The molecule has 28 heavy (non-hydrogen) atoms. The van der Waals surface area contributed by atoms with Crippen molar-refractivity contribution in [2.45, 2.75) is 25.9 Å². The summed E-state index contributed by atoms with van der Waals surface area (Å²) in [7, 11) is 0. The summed E-state index contributed by atoms with van der Waals surface area (Å²) in [5.74, 6) is -3.14. The Morgan fingerprint density at radius 2 is 2.11 bits per heavy atom. The van der Waals surface area contributed by atoms with Gasteiger partial charge in [-0.25, -0.2) is 4.79 Å². The molecule has 1 atom stereocenters. The molecule has 1 aliphatic rings. The van der Waals surface area contributed by atoms with Crippen LogP contribution in [0.15, 0.2) is 41.0 Å². The van der Waals surface area contributed by atoms with Gasteiger partial charge in [-0.3, -0.25) is 10.1 Å². The molecule has 0 amide bonds. The van der Waals surface area contributed by atoms with Crippen LogP contribution in [0.5, 0.6) is 0 Å². The first-order valence-corrected chi connectivity index (χ1v) is 7.84. The van der Waals surface area contributed by atoms with Gasteiger partial charge in [-0.15, -0.1) is 0 Å². The number of carbonyl (C=O) groups is 1. The zero-order valence-electron chi connectivity index (χ0n) is 14.7. The molecule has 1 aromatic rings. The van der Waals surface area contributed by atoms with Crippen LogP contribution in [0.1, 0.15) is 30.9 Å². The fourth-order valence-corrected chi connectivity index (χ4v) is 2.89. The van der Waals surface area contributed by atoms with Gasteiger partial charge in [0.15, 0.2) is 0 Å². The number of hydrogen-bond acceptors (Lipinski definition) is 7. The molecule has 0 aromatic heterocycles. The minimum Gasteiger partial charge on any atom is -0.463 e. The first-order valence-electron chi connectivity index (χ1n) is 7.84. The van der Waals surface area contributed by atoms with Crippen LogP contribution in [0, 0.1) is 21.4 Å². The van der Waals surface area contributed by atoms with E-state index in [1.54, 1.807) is 6.07 Å². The Balaban J connectivity index is 2.88. The molecule has 8 nitrogen and oxygen atoms in total. The molecule has 1 aliphatic heterocycles. The summed E-state index contributed by atoms with van der Waals surface area (Å²) in [5.41, 5.74) is 1.56. The van der Waals surface area contributed by atoms with Crippen molar-refractivity contribution >= 4 is 11.7 Å². The molecule has 2 rings (SSSR count). The molecule has 1 unspecified atom stereocenters. The number of nitro benzene ring substituents is 1. The molecule has 1 heterocycles. The predicted molar refractivity (Wildman–Crippen MR) is 88.1 cm³/mol. The number of allylic oxidation sites excluding steroid dienone is 2. The van der Waals surface area contributed by atoms with Gasteiger partial charge in [0, 0.05) is 5.56 Å². The van der Waals surface area contributed by atoms with Crippen molar-refractivity contribution in [1.82, 2.24) is 0 Å². The SMILES string of the molecule is CCOC(=O)C1=C(C)OC(N)=C(C#N)C1c1cccc(C(F)(F)F)c1[N+](=O)[O-]. The summed E-state index contributed by atoms with van der Waals surface area (Å²) in [6, 6.07) is 4.18. The Labute approximate surface area is 156 Å². The maximum Gasteiger partial charge on any atom is 0.423 e. The van der Waals surface area contributed by atoms with Gasteiger partial charge in [-0.2, -0.15) is 18.4 Å². The number of ether oxygens (including phenoxy) is 2. The monoisotopic (exact) mass is 397 g/mol. The highest BCUT2D eigenvalue weighted by Crippen LogP contribution is 2.46. The standard InChI is InChI=1S/C17H14F3N3O5/c1-3-27-16(24)12-8(2)28-15(22)10(7-21)13(12)9-5-4-6-11(17(18,19)20)14(9)23(25)26/h4-6,13H,3,22H2,1-2H3. The molecule has 11 heteroatoms.